The maximum atomic E-state index is 13.9. The predicted molar refractivity (Wildman–Crippen MR) is 151 cm³/mol. The molecule has 1 heterocycles. The number of dihydropyridines is 1. The van der Waals surface area contributed by atoms with Gasteiger partial charge in [-0.2, -0.15) is 0 Å². The van der Waals surface area contributed by atoms with Crippen molar-refractivity contribution in [3.63, 3.8) is 0 Å². The first-order valence-electron chi connectivity index (χ1n) is 12.8. The quantitative estimate of drug-likeness (QED) is 0.362. The highest BCUT2D eigenvalue weighted by Gasteiger charge is 2.42. The molecule has 9 heteroatoms. The normalized spacial score (nSPS) is 18.8. The lowest BCUT2D eigenvalue weighted by atomic mass is 9.71. The van der Waals surface area contributed by atoms with E-state index in [0.717, 1.165) is 16.8 Å². The molecule has 0 saturated heterocycles. The molecule has 2 aromatic carbocycles. The second-order valence-corrected chi connectivity index (χ2v) is 10.4. The number of ketones is 1. The van der Waals surface area contributed by atoms with Crippen LogP contribution < -0.4 is 24.3 Å². The molecule has 0 bridgehead atoms. The minimum atomic E-state index is -0.624. The van der Waals surface area contributed by atoms with Crippen molar-refractivity contribution in [1.82, 2.24) is 5.32 Å². The Hall–Kier alpha value is -3.46. The standard InChI is InChI=1S/C30H34BrNO7/c1-7-10-39-30(34)26-16(2)32-21-12-18(17-8-9-23(35-3)24(14-17)36-4)13-22(33)28(21)27(26)19-11-20(31)29(38-6)25(15-19)37-5/h8-9,11,14-15,18,27,32H,7,10,12-13H2,1-6H3. The number of halogens is 1. The Labute approximate surface area is 237 Å². The number of allylic oxidation sites excluding steroid dienone is 3. The van der Waals surface area contributed by atoms with Crippen molar-refractivity contribution in [1.29, 1.82) is 0 Å². The Morgan fingerprint density at radius 3 is 2.28 bits per heavy atom. The molecule has 2 aliphatic rings. The average Bonchev–Trinajstić information content (AvgIpc) is 2.93. The SMILES string of the molecule is CCCOC(=O)C1=C(C)NC2=C(C(=O)CC(c3ccc(OC)c(OC)c3)C2)C1c1cc(Br)c(OC)c(OC)c1. The molecule has 8 nitrogen and oxygen atoms in total. The number of hydrogen-bond donors (Lipinski definition) is 1. The van der Waals surface area contributed by atoms with Crippen LogP contribution in [0.1, 0.15) is 56.1 Å². The molecule has 0 fully saturated rings. The summed E-state index contributed by atoms with van der Waals surface area (Å²) in [5, 5.41) is 3.39. The first-order valence-corrected chi connectivity index (χ1v) is 13.6. The maximum absolute atomic E-state index is 13.9. The van der Waals surface area contributed by atoms with Gasteiger partial charge in [0.2, 0.25) is 0 Å². The number of carbonyl (C=O) groups excluding carboxylic acids is 2. The summed E-state index contributed by atoms with van der Waals surface area (Å²) >= 11 is 3.57. The van der Waals surface area contributed by atoms with Gasteiger partial charge in [0.25, 0.3) is 0 Å². The molecule has 1 N–H and O–H groups in total. The Morgan fingerprint density at radius 2 is 1.64 bits per heavy atom. The number of esters is 1. The number of hydrogen-bond acceptors (Lipinski definition) is 8. The van der Waals surface area contributed by atoms with Gasteiger partial charge in [-0.1, -0.05) is 13.0 Å². The molecular weight excluding hydrogens is 566 g/mol. The lowest BCUT2D eigenvalue weighted by Gasteiger charge is -2.37. The van der Waals surface area contributed by atoms with Crippen LogP contribution in [-0.4, -0.2) is 46.8 Å². The Bertz CT molecular complexity index is 1350. The third-order valence-electron chi connectivity index (χ3n) is 7.15. The fraction of sp³-hybridized carbons (Fsp3) is 0.400. The van der Waals surface area contributed by atoms with Crippen LogP contribution in [0.2, 0.25) is 0 Å². The van der Waals surface area contributed by atoms with Crippen molar-refractivity contribution >= 4 is 27.7 Å². The first-order chi connectivity index (χ1) is 18.8. The predicted octanol–water partition coefficient (Wildman–Crippen LogP) is 5.80. The van der Waals surface area contributed by atoms with E-state index in [2.05, 4.69) is 21.2 Å². The topological polar surface area (TPSA) is 92.3 Å². The molecule has 208 valence electrons. The molecule has 0 aromatic heterocycles. The highest BCUT2D eigenvalue weighted by atomic mass is 79.9. The maximum Gasteiger partial charge on any atom is 0.336 e. The zero-order chi connectivity index (χ0) is 28.3. The van der Waals surface area contributed by atoms with Crippen molar-refractivity contribution < 1.29 is 33.3 Å². The van der Waals surface area contributed by atoms with E-state index in [4.69, 9.17) is 23.7 Å². The van der Waals surface area contributed by atoms with Crippen LogP contribution in [0.5, 0.6) is 23.0 Å². The molecule has 0 saturated carbocycles. The Balaban J connectivity index is 1.83. The molecule has 0 amide bonds. The van der Waals surface area contributed by atoms with Crippen LogP contribution in [0.4, 0.5) is 0 Å². The molecule has 1 aliphatic carbocycles. The highest BCUT2D eigenvalue weighted by Crippen LogP contribution is 2.49. The smallest absolute Gasteiger partial charge is 0.336 e. The summed E-state index contributed by atoms with van der Waals surface area (Å²) in [5.41, 5.74) is 4.15. The molecule has 1 aliphatic heterocycles. The molecular formula is C30H34BrNO7. The van der Waals surface area contributed by atoms with Gasteiger partial charge >= 0.3 is 5.97 Å². The summed E-state index contributed by atoms with van der Waals surface area (Å²) in [6.07, 6.45) is 1.57. The number of ether oxygens (including phenoxy) is 5. The number of carbonyl (C=O) groups is 2. The molecule has 0 spiro atoms. The third-order valence-corrected chi connectivity index (χ3v) is 7.74. The molecule has 0 radical (unpaired) electrons. The van der Waals surface area contributed by atoms with Gasteiger partial charge in [0.05, 0.1) is 45.1 Å². The number of Topliss-reactive ketones (excluding diaryl/α,β-unsaturated/α-hetero) is 1. The van der Waals surface area contributed by atoms with Crippen molar-refractivity contribution in [3.8, 4) is 23.0 Å². The minimum absolute atomic E-state index is 0.0345. The third kappa shape index (κ3) is 5.50. The van der Waals surface area contributed by atoms with E-state index in [9.17, 15) is 9.59 Å². The number of nitrogens with one attached hydrogen (secondary N) is 1. The van der Waals surface area contributed by atoms with Gasteiger partial charge < -0.3 is 29.0 Å². The summed E-state index contributed by atoms with van der Waals surface area (Å²) < 4.78 is 28.2. The van der Waals surface area contributed by atoms with E-state index >= 15 is 0 Å². The van der Waals surface area contributed by atoms with Crippen LogP contribution in [-0.2, 0) is 14.3 Å². The van der Waals surface area contributed by atoms with Crippen molar-refractivity contribution in [2.75, 3.05) is 35.0 Å². The van der Waals surface area contributed by atoms with Gasteiger partial charge in [0, 0.05) is 29.3 Å². The van der Waals surface area contributed by atoms with Crippen LogP contribution in [0.25, 0.3) is 0 Å². The highest BCUT2D eigenvalue weighted by molar-refractivity contribution is 9.10. The van der Waals surface area contributed by atoms with Crippen molar-refractivity contribution in [2.24, 2.45) is 0 Å². The van der Waals surface area contributed by atoms with Gasteiger partial charge in [-0.05, 0) is 77.0 Å². The lowest BCUT2D eigenvalue weighted by molar-refractivity contribution is -0.139. The fourth-order valence-electron chi connectivity index (χ4n) is 5.36. The van der Waals surface area contributed by atoms with E-state index in [1.54, 1.807) is 28.4 Å². The largest absolute Gasteiger partial charge is 0.493 e. The van der Waals surface area contributed by atoms with Gasteiger partial charge in [0.1, 0.15) is 0 Å². The van der Waals surface area contributed by atoms with Crippen LogP contribution >= 0.6 is 15.9 Å². The van der Waals surface area contributed by atoms with Crippen molar-refractivity contribution in [2.45, 2.75) is 44.9 Å². The second kappa shape index (κ2) is 12.2. The van der Waals surface area contributed by atoms with Crippen molar-refractivity contribution in [3.05, 3.63) is 68.5 Å². The van der Waals surface area contributed by atoms with Gasteiger partial charge in [-0.3, -0.25) is 4.79 Å². The Morgan fingerprint density at radius 1 is 0.949 bits per heavy atom. The fourth-order valence-corrected chi connectivity index (χ4v) is 5.98. The van der Waals surface area contributed by atoms with Crippen LogP contribution in [0.3, 0.4) is 0 Å². The number of benzene rings is 2. The summed E-state index contributed by atoms with van der Waals surface area (Å²) in [6.45, 7) is 4.08. The van der Waals surface area contributed by atoms with Gasteiger partial charge in [-0.25, -0.2) is 4.79 Å². The molecule has 2 aromatic rings. The van der Waals surface area contributed by atoms with E-state index in [-0.39, 0.29) is 18.1 Å². The number of rotatable bonds is 9. The molecule has 4 rings (SSSR count). The zero-order valence-corrected chi connectivity index (χ0v) is 24.7. The zero-order valence-electron chi connectivity index (χ0n) is 23.1. The summed E-state index contributed by atoms with van der Waals surface area (Å²) in [4.78, 5) is 27.3. The van der Waals surface area contributed by atoms with Crippen LogP contribution in [0.15, 0.2) is 57.3 Å². The number of methoxy groups -OCH3 is 4. The molecule has 39 heavy (non-hydrogen) atoms. The summed E-state index contributed by atoms with van der Waals surface area (Å²) in [7, 11) is 6.30. The van der Waals surface area contributed by atoms with E-state index in [0.29, 0.717) is 63.8 Å². The Kier molecular flexibility index (Phi) is 8.90. The van der Waals surface area contributed by atoms with E-state index < -0.39 is 11.9 Å². The van der Waals surface area contributed by atoms with Crippen LogP contribution in [0, 0.1) is 0 Å². The minimum Gasteiger partial charge on any atom is -0.493 e. The van der Waals surface area contributed by atoms with Gasteiger partial charge in [-0.15, -0.1) is 0 Å². The lowest BCUT2D eigenvalue weighted by Crippen LogP contribution is -2.36. The first kappa shape index (κ1) is 28.5. The van der Waals surface area contributed by atoms with Gasteiger partial charge in [0.15, 0.2) is 28.8 Å². The van der Waals surface area contributed by atoms with E-state index in [1.807, 2.05) is 44.2 Å². The second-order valence-electron chi connectivity index (χ2n) is 9.51. The summed E-state index contributed by atoms with van der Waals surface area (Å²) in [6, 6.07) is 9.43. The molecule has 2 unspecified atom stereocenters. The average molecular weight is 601 g/mol. The monoisotopic (exact) mass is 599 g/mol. The van der Waals surface area contributed by atoms with E-state index in [1.165, 1.54) is 0 Å². The summed E-state index contributed by atoms with van der Waals surface area (Å²) in [5.74, 6) is 1.10. The molecule has 2 atom stereocenters.